The van der Waals surface area contributed by atoms with Crippen molar-refractivity contribution >= 4 is 11.9 Å². The number of hydrogen-bond acceptors (Lipinski definition) is 4. The monoisotopic (exact) mass is 264 g/mol. The van der Waals surface area contributed by atoms with E-state index in [2.05, 4.69) is 10.3 Å². The molecule has 1 aromatic heterocycles. The third-order valence-electron chi connectivity index (χ3n) is 3.15. The molecule has 2 N–H and O–H groups in total. The van der Waals surface area contributed by atoms with Crippen molar-refractivity contribution in [1.82, 2.24) is 10.3 Å². The quantitative estimate of drug-likeness (QED) is 0.802. The summed E-state index contributed by atoms with van der Waals surface area (Å²) in [5.41, 5.74) is 0.369. The zero-order valence-electron chi connectivity index (χ0n) is 10.6. The van der Waals surface area contributed by atoms with Crippen LogP contribution in [0, 0.1) is 5.92 Å². The van der Waals surface area contributed by atoms with E-state index in [0.717, 1.165) is 12.8 Å². The lowest BCUT2D eigenvalue weighted by Gasteiger charge is -2.17. The van der Waals surface area contributed by atoms with Gasteiger partial charge < -0.3 is 15.2 Å². The zero-order valence-corrected chi connectivity index (χ0v) is 10.6. The van der Waals surface area contributed by atoms with Crippen LogP contribution in [0.2, 0.25) is 0 Å². The third-order valence-corrected chi connectivity index (χ3v) is 3.15. The topological polar surface area (TPSA) is 88.5 Å². The van der Waals surface area contributed by atoms with Gasteiger partial charge in [-0.1, -0.05) is 0 Å². The lowest BCUT2D eigenvalue weighted by atomic mass is 10.1. The van der Waals surface area contributed by atoms with Crippen molar-refractivity contribution in [3.63, 3.8) is 0 Å². The standard InChI is InChI=1S/C13H16N2O4/c1-19-11-7-14-5-4-9(11)13(18)15-10(6-12(16)17)8-2-3-8/h4-5,7-8,10H,2-3,6H2,1H3,(H,15,18)(H,16,17). The van der Waals surface area contributed by atoms with Crippen LogP contribution in [0.15, 0.2) is 18.5 Å². The average molecular weight is 264 g/mol. The van der Waals surface area contributed by atoms with Crippen LogP contribution in [0.1, 0.15) is 29.6 Å². The van der Waals surface area contributed by atoms with Crippen molar-refractivity contribution in [2.75, 3.05) is 7.11 Å². The first-order valence-corrected chi connectivity index (χ1v) is 6.12. The van der Waals surface area contributed by atoms with Gasteiger partial charge in [0.05, 0.1) is 25.3 Å². The van der Waals surface area contributed by atoms with E-state index in [1.54, 1.807) is 6.07 Å². The second kappa shape index (κ2) is 5.69. The van der Waals surface area contributed by atoms with E-state index in [4.69, 9.17) is 9.84 Å². The smallest absolute Gasteiger partial charge is 0.305 e. The number of rotatable bonds is 6. The van der Waals surface area contributed by atoms with Crippen molar-refractivity contribution in [2.45, 2.75) is 25.3 Å². The molecule has 0 bridgehead atoms. The maximum atomic E-state index is 12.1. The lowest BCUT2D eigenvalue weighted by Crippen LogP contribution is -2.38. The van der Waals surface area contributed by atoms with E-state index in [1.807, 2.05) is 0 Å². The lowest BCUT2D eigenvalue weighted by molar-refractivity contribution is -0.137. The molecule has 0 aromatic carbocycles. The summed E-state index contributed by atoms with van der Waals surface area (Å²) < 4.78 is 5.07. The summed E-state index contributed by atoms with van der Waals surface area (Å²) in [4.78, 5) is 26.8. The van der Waals surface area contributed by atoms with Crippen LogP contribution in [0.4, 0.5) is 0 Å². The largest absolute Gasteiger partial charge is 0.494 e. The number of nitrogens with one attached hydrogen (secondary N) is 1. The molecule has 1 atom stereocenters. The van der Waals surface area contributed by atoms with Crippen LogP contribution in [-0.4, -0.2) is 35.1 Å². The number of aromatic nitrogens is 1. The Balaban J connectivity index is 2.08. The summed E-state index contributed by atoms with van der Waals surface area (Å²) in [5.74, 6) is -0.575. The molecule has 6 nitrogen and oxygen atoms in total. The first-order valence-electron chi connectivity index (χ1n) is 6.12. The van der Waals surface area contributed by atoms with Crippen LogP contribution in [-0.2, 0) is 4.79 Å². The number of pyridine rings is 1. The molecule has 0 spiro atoms. The summed E-state index contributed by atoms with van der Waals surface area (Å²) in [6.07, 6.45) is 4.83. The highest BCUT2D eigenvalue weighted by atomic mass is 16.5. The van der Waals surface area contributed by atoms with Gasteiger partial charge in [0.1, 0.15) is 5.75 Å². The van der Waals surface area contributed by atoms with E-state index >= 15 is 0 Å². The SMILES string of the molecule is COc1cnccc1C(=O)NC(CC(=O)O)C1CC1. The third kappa shape index (κ3) is 3.43. The summed E-state index contributed by atoms with van der Waals surface area (Å²) in [6.45, 7) is 0. The minimum absolute atomic E-state index is 0.0518. The molecule has 1 saturated carbocycles. The van der Waals surface area contributed by atoms with Crippen LogP contribution < -0.4 is 10.1 Å². The van der Waals surface area contributed by atoms with Gasteiger partial charge in [-0.2, -0.15) is 0 Å². The van der Waals surface area contributed by atoms with Crippen molar-refractivity contribution in [1.29, 1.82) is 0 Å². The van der Waals surface area contributed by atoms with E-state index in [1.165, 1.54) is 19.5 Å². The van der Waals surface area contributed by atoms with E-state index < -0.39 is 5.97 Å². The number of carbonyl (C=O) groups is 2. The molecule has 1 unspecified atom stereocenters. The number of amides is 1. The molecule has 2 rings (SSSR count). The average Bonchev–Trinajstić information content (AvgIpc) is 3.21. The highest BCUT2D eigenvalue weighted by molar-refractivity contribution is 5.97. The van der Waals surface area contributed by atoms with Gasteiger partial charge in [-0.15, -0.1) is 0 Å². The molecular formula is C13H16N2O4. The Bertz CT molecular complexity index is 485. The second-order valence-corrected chi connectivity index (χ2v) is 4.59. The van der Waals surface area contributed by atoms with Gasteiger partial charge in [-0.3, -0.25) is 14.6 Å². The van der Waals surface area contributed by atoms with Crippen molar-refractivity contribution in [3.05, 3.63) is 24.0 Å². The fraction of sp³-hybridized carbons (Fsp3) is 0.462. The zero-order chi connectivity index (χ0) is 13.8. The summed E-state index contributed by atoms with van der Waals surface area (Å²) >= 11 is 0. The molecule has 1 aromatic rings. The Morgan fingerprint density at radius 1 is 1.58 bits per heavy atom. The predicted octanol–water partition coefficient (Wildman–Crippen LogP) is 1.07. The predicted molar refractivity (Wildman–Crippen MR) is 67.0 cm³/mol. The van der Waals surface area contributed by atoms with Crippen molar-refractivity contribution < 1.29 is 19.4 Å². The highest BCUT2D eigenvalue weighted by Crippen LogP contribution is 2.34. The van der Waals surface area contributed by atoms with Gasteiger partial charge >= 0.3 is 5.97 Å². The molecule has 0 aliphatic heterocycles. The molecule has 0 radical (unpaired) electrons. The van der Waals surface area contributed by atoms with Gasteiger partial charge in [0, 0.05) is 12.2 Å². The minimum atomic E-state index is -0.904. The first kappa shape index (κ1) is 13.3. The van der Waals surface area contributed by atoms with Gasteiger partial charge in [-0.05, 0) is 24.8 Å². The molecule has 1 aliphatic carbocycles. The Kier molecular flexibility index (Phi) is 3.99. The van der Waals surface area contributed by atoms with E-state index in [-0.39, 0.29) is 24.3 Å². The second-order valence-electron chi connectivity index (χ2n) is 4.59. The Morgan fingerprint density at radius 2 is 2.32 bits per heavy atom. The molecule has 102 valence electrons. The van der Waals surface area contributed by atoms with Crippen LogP contribution >= 0.6 is 0 Å². The van der Waals surface area contributed by atoms with Crippen molar-refractivity contribution in [3.8, 4) is 5.75 Å². The molecule has 19 heavy (non-hydrogen) atoms. The Hall–Kier alpha value is -2.11. The number of carboxylic acids is 1. The molecule has 1 fully saturated rings. The maximum Gasteiger partial charge on any atom is 0.305 e. The van der Waals surface area contributed by atoms with E-state index in [9.17, 15) is 9.59 Å². The highest BCUT2D eigenvalue weighted by Gasteiger charge is 2.34. The minimum Gasteiger partial charge on any atom is -0.494 e. The van der Waals surface area contributed by atoms with Gasteiger partial charge in [0.25, 0.3) is 5.91 Å². The Morgan fingerprint density at radius 3 is 2.89 bits per heavy atom. The van der Waals surface area contributed by atoms with Crippen LogP contribution in [0.3, 0.4) is 0 Å². The molecule has 1 amide bonds. The van der Waals surface area contributed by atoms with Gasteiger partial charge in [0.15, 0.2) is 0 Å². The van der Waals surface area contributed by atoms with Crippen molar-refractivity contribution in [2.24, 2.45) is 5.92 Å². The number of nitrogens with zero attached hydrogens (tertiary/aromatic N) is 1. The Labute approximate surface area is 110 Å². The van der Waals surface area contributed by atoms with Crippen LogP contribution in [0.5, 0.6) is 5.75 Å². The maximum absolute atomic E-state index is 12.1. The van der Waals surface area contributed by atoms with E-state index in [0.29, 0.717) is 11.3 Å². The number of carboxylic acid groups (broad SMARTS) is 1. The number of carbonyl (C=O) groups excluding carboxylic acids is 1. The normalized spacial score (nSPS) is 15.6. The number of ether oxygens (including phenoxy) is 1. The van der Waals surface area contributed by atoms with Gasteiger partial charge in [0.2, 0.25) is 0 Å². The number of hydrogen-bond donors (Lipinski definition) is 2. The summed E-state index contributed by atoms with van der Waals surface area (Å²) in [7, 11) is 1.46. The van der Waals surface area contributed by atoms with Gasteiger partial charge in [-0.25, -0.2) is 0 Å². The fourth-order valence-corrected chi connectivity index (χ4v) is 2.00. The molecule has 1 heterocycles. The molecular weight excluding hydrogens is 248 g/mol. The van der Waals surface area contributed by atoms with Crippen LogP contribution in [0.25, 0.3) is 0 Å². The summed E-state index contributed by atoms with van der Waals surface area (Å²) in [6, 6.07) is 1.24. The fourth-order valence-electron chi connectivity index (χ4n) is 2.00. The molecule has 6 heteroatoms. The molecule has 0 saturated heterocycles. The summed E-state index contributed by atoms with van der Waals surface area (Å²) in [5, 5.41) is 11.6. The first-order chi connectivity index (χ1) is 9.11. The number of aliphatic carboxylic acids is 1. The molecule has 1 aliphatic rings. The number of methoxy groups -OCH3 is 1.